The lowest BCUT2D eigenvalue weighted by Gasteiger charge is -2.03. The smallest absolute Gasteiger partial charge is 0.221 e. The Bertz CT molecular complexity index is 700. The topological polar surface area (TPSA) is 75.4 Å². The van der Waals surface area contributed by atoms with Gasteiger partial charge in [0, 0.05) is 28.6 Å². The molecular formula is C14H11Br2N3O2. The molecule has 0 bridgehead atoms. The number of nitrogens with zero attached hydrogens (tertiary/aromatic N) is 3. The average Bonchev–Trinajstić information content (AvgIpc) is 2.44. The molecule has 2 rings (SSSR count). The second-order valence-corrected chi connectivity index (χ2v) is 6.11. The highest BCUT2D eigenvalue weighted by Gasteiger charge is 2.08. The summed E-state index contributed by atoms with van der Waals surface area (Å²) in [6.45, 7) is 1.71. The monoisotopic (exact) mass is 411 g/mol. The summed E-state index contributed by atoms with van der Waals surface area (Å²) in [7, 11) is 0. The number of phenolic OH excluding ortho intramolecular Hbond substituents is 1. The molecule has 0 fully saturated rings. The molecule has 0 saturated carbocycles. The van der Waals surface area contributed by atoms with Crippen LogP contribution in [0.1, 0.15) is 21.7 Å². The van der Waals surface area contributed by atoms with E-state index in [1.807, 2.05) is 0 Å². The minimum absolute atomic E-state index is 0.0768. The van der Waals surface area contributed by atoms with Gasteiger partial charge in [0.25, 0.3) is 0 Å². The summed E-state index contributed by atoms with van der Waals surface area (Å²) in [5, 5.41) is 9.91. The summed E-state index contributed by atoms with van der Waals surface area (Å²) in [6, 6.07) is 3.53. The van der Waals surface area contributed by atoms with E-state index in [0.717, 1.165) is 10.0 Å². The molecule has 1 N–H and O–H groups in total. The third kappa shape index (κ3) is 4.18. The molecule has 0 spiro atoms. The van der Waals surface area contributed by atoms with E-state index >= 15 is 0 Å². The van der Waals surface area contributed by atoms with Crippen molar-refractivity contribution in [1.29, 1.82) is 0 Å². The largest absolute Gasteiger partial charge is 0.507 e. The molecule has 0 aliphatic carbocycles. The molecule has 2 aromatic rings. The van der Waals surface area contributed by atoms with E-state index in [1.54, 1.807) is 19.1 Å². The van der Waals surface area contributed by atoms with Gasteiger partial charge in [-0.1, -0.05) is 15.9 Å². The first-order chi connectivity index (χ1) is 9.97. The maximum atomic E-state index is 11.8. The lowest BCUT2D eigenvalue weighted by molar-refractivity contribution is 0.0992. The van der Waals surface area contributed by atoms with Gasteiger partial charge in [-0.2, -0.15) is 0 Å². The van der Waals surface area contributed by atoms with Gasteiger partial charge in [0.1, 0.15) is 12.3 Å². The van der Waals surface area contributed by atoms with Gasteiger partial charge in [0.05, 0.1) is 4.47 Å². The van der Waals surface area contributed by atoms with Crippen LogP contribution >= 0.6 is 31.9 Å². The fourth-order valence-corrected chi connectivity index (χ4v) is 2.41. The first-order valence-corrected chi connectivity index (χ1v) is 7.55. The molecule has 0 saturated heterocycles. The molecular weight excluding hydrogens is 402 g/mol. The Hall–Kier alpha value is -1.60. The van der Waals surface area contributed by atoms with Crippen molar-refractivity contribution in [3.8, 4) is 5.75 Å². The van der Waals surface area contributed by atoms with Crippen molar-refractivity contribution in [2.45, 2.75) is 6.92 Å². The number of carbonyl (C=O) groups excluding carboxylic acids is 1. The van der Waals surface area contributed by atoms with Crippen molar-refractivity contribution in [2.75, 3.05) is 6.54 Å². The number of ketones is 1. The number of Topliss-reactive ketones (excluding diaryl/α,β-unsaturated/α-hetero) is 1. The fourth-order valence-electron chi connectivity index (χ4n) is 1.61. The Morgan fingerprint density at radius 3 is 2.62 bits per heavy atom. The number of aliphatic imine (C=N–C) groups is 1. The van der Waals surface area contributed by atoms with E-state index in [2.05, 4.69) is 46.8 Å². The van der Waals surface area contributed by atoms with Gasteiger partial charge in [-0.3, -0.25) is 9.79 Å². The molecule has 1 aromatic heterocycles. The predicted molar refractivity (Wildman–Crippen MR) is 87.1 cm³/mol. The van der Waals surface area contributed by atoms with E-state index < -0.39 is 0 Å². The quantitative estimate of drug-likeness (QED) is 0.617. The summed E-state index contributed by atoms with van der Waals surface area (Å²) in [4.78, 5) is 23.7. The number of hydrogen-bond acceptors (Lipinski definition) is 5. The van der Waals surface area contributed by atoms with Crippen LogP contribution in [0, 0.1) is 6.92 Å². The van der Waals surface area contributed by atoms with Crippen LogP contribution in [0.5, 0.6) is 5.75 Å². The Morgan fingerprint density at radius 1 is 1.29 bits per heavy atom. The van der Waals surface area contributed by atoms with Crippen LogP contribution in [0.3, 0.4) is 0 Å². The van der Waals surface area contributed by atoms with Crippen molar-refractivity contribution in [3.63, 3.8) is 0 Å². The standard InChI is InChI=1S/C14H11Br2N3O2/c1-8-2-10(15)3-9(13(8)21)4-17-7-12(20)14-18-5-11(16)6-19-14/h2-6,21H,7H2,1H3. The Morgan fingerprint density at radius 2 is 1.95 bits per heavy atom. The fraction of sp³-hybridized carbons (Fsp3) is 0.143. The zero-order valence-corrected chi connectivity index (χ0v) is 14.2. The van der Waals surface area contributed by atoms with Crippen molar-refractivity contribution in [2.24, 2.45) is 4.99 Å². The number of rotatable bonds is 4. The van der Waals surface area contributed by atoms with Crippen molar-refractivity contribution >= 4 is 43.9 Å². The molecule has 0 amide bonds. The molecule has 1 heterocycles. The van der Waals surface area contributed by atoms with E-state index in [4.69, 9.17) is 0 Å². The van der Waals surface area contributed by atoms with Gasteiger partial charge in [-0.15, -0.1) is 0 Å². The maximum Gasteiger partial charge on any atom is 0.221 e. The summed E-state index contributed by atoms with van der Waals surface area (Å²) in [6.07, 6.45) is 4.48. The van der Waals surface area contributed by atoms with Crippen LogP contribution in [0.15, 0.2) is 38.5 Å². The molecule has 1 aromatic carbocycles. The van der Waals surface area contributed by atoms with Crippen LogP contribution in [0.2, 0.25) is 0 Å². The molecule has 0 aliphatic rings. The number of halogens is 2. The zero-order valence-electron chi connectivity index (χ0n) is 11.0. The van der Waals surface area contributed by atoms with Crippen LogP contribution < -0.4 is 0 Å². The van der Waals surface area contributed by atoms with E-state index in [1.165, 1.54) is 18.6 Å². The molecule has 5 nitrogen and oxygen atoms in total. The van der Waals surface area contributed by atoms with Crippen LogP contribution in [0.4, 0.5) is 0 Å². The van der Waals surface area contributed by atoms with Crippen molar-refractivity contribution < 1.29 is 9.90 Å². The summed E-state index contributed by atoms with van der Waals surface area (Å²) in [5.41, 5.74) is 1.28. The molecule has 0 radical (unpaired) electrons. The molecule has 0 aliphatic heterocycles. The average molecular weight is 413 g/mol. The highest BCUT2D eigenvalue weighted by Crippen LogP contribution is 2.25. The first-order valence-electron chi connectivity index (χ1n) is 5.97. The minimum Gasteiger partial charge on any atom is -0.507 e. The second-order valence-electron chi connectivity index (χ2n) is 4.28. The van der Waals surface area contributed by atoms with Gasteiger partial charge in [0.15, 0.2) is 5.82 Å². The summed E-state index contributed by atoms with van der Waals surface area (Å²) >= 11 is 6.55. The highest BCUT2D eigenvalue weighted by atomic mass is 79.9. The maximum absolute atomic E-state index is 11.8. The summed E-state index contributed by atoms with van der Waals surface area (Å²) < 4.78 is 1.54. The predicted octanol–water partition coefficient (Wildman–Crippen LogP) is 3.32. The Labute approximate surface area is 138 Å². The van der Waals surface area contributed by atoms with Crippen LogP contribution in [-0.4, -0.2) is 33.6 Å². The van der Waals surface area contributed by atoms with Gasteiger partial charge in [-0.25, -0.2) is 9.97 Å². The molecule has 108 valence electrons. The van der Waals surface area contributed by atoms with Gasteiger partial charge in [-0.05, 0) is 40.5 Å². The molecule has 21 heavy (non-hydrogen) atoms. The van der Waals surface area contributed by atoms with E-state index in [9.17, 15) is 9.90 Å². The van der Waals surface area contributed by atoms with Crippen LogP contribution in [0.25, 0.3) is 0 Å². The summed E-state index contributed by atoms with van der Waals surface area (Å²) in [5.74, 6) is -0.0238. The molecule has 0 unspecified atom stereocenters. The Balaban J connectivity index is 2.09. The zero-order chi connectivity index (χ0) is 15.4. The van der Waals surface area contributed by atoms with Crippen molar-refractivity contribution in [1.82, 2.24) is 9.97 Å². The molecule has 0 atom stereocenters. The minimum atomic E-state index is -0.287. The highest BCUT2D eigenvalue weighted by molar-refractivity contribution is 9.10. The number of phenols is 1. The number of aromatic hydroxyl groups is 1. The SMILES string of the molecule is Cc1cc(Br)cc(C=NCC(=O)c2ncc(Br)cn2)c1O. The van der Waals surface area contributed by atoms with Gasteiger partial charge >= 0.3 is 0 Å². The number of benzene rings is 1. The lowest BCUT2D eigenvalue weighted by Crippen LogP contribution is -2.08. The first kappa shape index (κ1) is 15.8. The Kier molecular flexibility index (Phi) is 5.19. The van der Waals surface area contributed by atoms with Crippen molar-refractivity contribution in [3.05, 3.63) is 50.4 Å². The van der Waals surface area contributed by atoms with Gasteiger partial charge < -0.3 is 5.11 Å². The van der Waals surface area contributed by atoms with Gasteiger partial charge in [0.2, 0.25) is 5.78 Å². The van der Waals surface area contributed by atoms with E-state index in [-0.39, 0.29) is 23.9 Å². The van der Waals surface area contributed by atoms with E-state index in [0.29, 0.717) is 10.0 Å². The molecule has 7 heteroatoms. The van der Waals surface area contributed by atoms with Crippen LogP contribution in [-0.2, 0) is 0 Å². The normalized spacial score (nSPS) is 11.0. The third-order valence-electron chi connectivity index (χ3n) is 2.63. The third-order valence-corrected chi connectivity index (χ3v) is 3.50. The number of aryl methyl sites for hydroxylation is 1. The number of carbonyl (C=O) groups is 1. The second kappa shape index (κ2) is 6.91. The number of hydrogen-bond donors (Lipinski definition) is 1. The lowest BCUT2D eigenvalue weighted by atomic mass is 10.1. The number of aromatic nitrogens is 2.